The van der Waals surface area contributed by atoms with Crippen LogP contribution in [0.2, 0.25) is 0 Å². The quantitative estimate of drug-likeness (QED) is 0.208. The minimum atomic E-state index is 0.277. The topological polar surface area (TPSA) is 101 Å². The van der Waals surface area contributed by atoms with Gasteiger partial charge >= 0.3 is 0 Å². The van der Waals surface area contributed by atoms with E-state index in [4.69, 9.17) is 14.9 Å². The van der Waals surface area contributed by atoms with Crippen LogP contribution in [0, 0.1) is 5.41 Å². The zero-order chi connectivity index (χ0) is 26.3. The van der Waals surface area contributed by atoms with Gasteiger partial charge in [-0.15, -0.1) is 13.2 Å². The van der Waals surface area contributed by atoms with E-state index in [-0.39, 0.29) is 6.04 Å². The number of aldehydes is 1. The van der Waals surface area contributed by atoms with Crippen molar-refractivity contribution in [3.05, 3.63) is 66.8 Å². The largest absolute Gasteiger partial charge is 0.471 e. The standard InChI is InChI=1S/C20H23N3O2.C4H8.C2H4O2.C2H4/c21-9-3-4-15-12-16(13-24)20(19-6-2-1-5-18(15)19)23-14-22-17-7-10-25-11-8-17;1-3-4-2;1-4-2-3;1-2/h1-2,5-6,9,12-14,17,21H,3-4,7-8,10-11H2,(H,22,23);3-4H,1-2H3;2H,1H3;1-2H2/b;4-3+;;. The highest BCUT2D eigenvalue weighted by atomic mass is 16.5. The second-order valence-corrected chi connectivity index (χ2v) is 7.17. The first-order valence-corrected chi connectivity index (χ1v) is 11.5. The number of carbonyl (C=O) groups is 2. The van der Waals surface area contributed by atoms with Crippen molar-refractivity contribution < 1.29 is 19.1 Å². The highest BCUT2D eigenvalue weighted by molar-refractivity contribution is 6.06. The zero-order valence-electron chi connectivity index (χ0n) is 21.2. The van der Waals surface area contributed by atoms with Gasteiger partial charge in [0.15, 0.2) is 6.29 Å². The van der Waals surface area contributed by atoms with E-state index in [0.29, 0.717) is 18.5 Å². The van der Waals surface area contributed by atoms with Crippen LogP contribution >= 0.6 is 0 Å². The Balaban J connectivity index is 0.000000994. The minimum Gasteiger partial charge on any atom is -0.471 e. The molecule has 0 bridgehead atoms. The number of nitrogens with zero attached hydrogens (tertiary/aromatic N) is 1. The van der Waals surface area contributed by atoms with Crippen molar-refractivity contribution in [2.24, 2.45) is 4.99 Å². The van der Waals surface area contributed by atoms with E-state index in [1.807, 2.05) is 50.3 Å². The molecule has 7 heteroatoms. The first-order valence-electron chi connectivity index (χ1n) is 11.5. The van der Waals surface area contributed by atoms with Crippen LogP contribution in [-0.2, 0) is 20.7 Å². The third kappa shape index (κ3) is 11.9. The van der Waals surface area contributed by atoms with E-state index in [9.17, 15) is 4.79 Å². The Morgan fingerprint density at radius 1 is 1.14 bits per heavy atom. The SMILES string of the molecule is C/C=C/C.C=C.COC=O.N=CCCc1cc(C=O)c(NC=NC2CCOCC2)c2ccccc12. The van der Waals surface area contributed by atoms with E-state index in [2.05, 4.69) is 34.3 Å². The number of hydrogen-bond acceptors (Lipinski definition) is 6. The van der Waals surface area contributed by atoms with Gasteiger partial charge in [0.1, 0.15) is 0 Å². The van der Waals surface area contributed by atoms with Crippen molar-refractivity contribution in [2.45, 2.75) is 45.6 Å². The lowest BCUT2D eigenvalue weighted by Crippen LogP contribution is -2.19. The molecule has 190 valence electrons. The summed E-state index contributed by atoms with van der Waals surface area (Å²) in [4.78, 5) is 25.1. The predicted octanol–water partition coefficient (Wildman–Crippen LogP) is 6.03. The Hall–Kier alpha value is -3.58. The molecule has 3 rings (SSSR count). The minimum absolute atomic E-state index is 0.277. The molecule has 1 fully saturated rings. The summed E-state index contributed by atoms with van der Waals surface area (Å²) in [6.07, 6.45) is 11.3. The third-order valence-corrected chi connectivity index (χ3v) is 4.96. The van der Waals surface area contributed by atoms with Crippen molar-refractivity contribution in [2.75, 3.05) is 25.6 Å². The summed E-state index contributed by atoms with van der Waals surface area (Å²) in [5, 5.41) is 12.6. The molecule has 0 radical (unpaired) electrons. The van der Waals surface area contributed by atoms with Crippen LogP contribution in [0.4, 0.5) is 5.69 Å². The lowest BCUT2D eigenvalue weighted by Gasteiger charge is -2.18. The highest BCUT2D eigenvalue weighted by Gasteiger charge is 2.13. The van der Waals surface area contributed by atoms with Gasteiger partial charge in [0, 0.05) is 24.2 Å². The van der Waals surface area contributed by atoms with Crippen LogP contribution in [-0.4, -0.2) is 51.7 Å². The van der Waals surface area contributed by atoms with E-state index < -0.39 is 0 Å². The fourth-order valence-electron chi connectivity index (χ4n) is 3.20. The molecule has 0 unspecified atom stereocenters. The number of methoxy groups -OCH3 is 1. The molecule has 35 heavy (non-hydrogen) atoms. The Bertz CT molecular complexity index is 931. The summed E-state index contributed by atoms with van der Waals surface area (Å²) in [7, 11) is 1.31. The summed E-state index contributed by atoms with van der Waals surface area (Å²) in [5.74, 6) is 0. The zero-order valence-corrected chi connectivity index (χ0v) is 21.2. The van der Waals surface area contributed by atoms with Crippen LogP contribution < -0.4 is 5.32 Å². The number of nitrogens with one attached hydrogen (secondary N) is 2. The van der Waals surface area contributed by atoms with Crippen LogP contribution in [0.5, 0.6) is 0 Å². The van der Waals surface area contributed by atoms with Crippen LogP contribution in [0.1, 0.15) is 49.0 Å². The molecule has 0 atom stereocenters. The van der Waals surface area contributed by atoms with Crippen LogP contribution in [0.3, 0.4) is 0 Å². The van der Waals surface area contributed by atoms with Gasteiger partial charge in [-0.2, -0.15) is 0 Å². The number of benzene rings is 2. The Morgan fingerprint density at radius 3 is 2.26 bits per heavy atom. The van der Waals surface area contributed by atoms with Crippen molar-refractivity contribution in [3.63, 3.8) is 0 Å². The van der Waals surface area contributed by atoms with Gasteiger partial charge in [-0.1, -0.05) is 36.4 Å². The summed E-state index contributed by atoms with van der Waals surface area (Å²) in [5.41, 5.74) is 2.50. The first kappa shape index (κ1) is 31.4. The summed E-state index contributed by atoms with van der Waals surface area (Å²) >= 11 is 0. The van der Waals surface area contributed by atoms with E-state index in [0.717, 1.165) is 60.8 Å². The molecule has 1 aliphatic rings. The number of ether oxygens (including phenoxy) is 2. The number of anilines is 1. The van der Waals surface area contributed by atoms with Crippen LogP contribution in [0.25, 0.3) is 10.8 Å². The maximum atomic E-state index is 11.6. The highest BCUT2D eigenvalue weighted by Crippen LogP contribution is 2.30. The maximum Gasteiger partial charge on any atom is 0.292 e. The first-order chi connectivity index (χ1) is 17.2. The molecule has 1 aliphatic heterocycles. The molecule has 0 aliphatic carbocycles. The van der Waals surface area contributed by atoms with Gasteiger partial charge in [-0.3, -0.25) is 14.6 Å². The lowest BCUT2D eigenvalue weighted by molar-refractivity contribution is -0.126. The molecule has 0 saturated carbocycles. The molecule has 2 aromatic carbocycles. The van der Waals surface area contributed by atoms with Crippen molar-refractivity contribution in [3.8, 4) is 0 Å². The molecule has 1 heterocycles. The summed E-state index contributed by atoms with van der Waals surface area (Å²) < 4.78 is 9.21. The second-order valence-electron chi connectivity index (χ2n) is 7.17. The maximum absolute atomic E-state index is 11.6. The number of fused-ring (bicyclic) bond motifs is 1. The van der Waals surface area contributed by atoms with Crippen molar-refractivity contribution >= 4 is 41.8 Å². The number of aliphatic imine (C=N–C) groups is 1. The fraction of sp³-hybridized carbons (Fsp3) is 0.357. The predicted molar refractivity (Wildman–Crippen MR) is 147 cm³/mol. The molecule has 7 nitrogen and oxygen atoms in total. The average Bonchev–Trinajstić information content (AvgIpc) is 2.94. The normalized spacial score (nSPS) is 12.9. The van der Waals surface area contributed by atoms with Gasteiger partial charge in [0.25, 0.3) is 6.47 Å². The molecule has 2 N–H and O–H groups in total. The molecular weight excluding hydrogens is 442 g/mol. The number of carbonyl (C=O) groups excluding carboxylic acids is 2. The Morgan fingerprint density at radius 2 is 1.74 bits per heavy atom. The van der Waals surface area contributed by atoms with E-state index >= 15 is 0 Å². The van der Waals surface area contributed by atoms with Gasteiger partial charge in [0.2, 0.25) is 0 Å². The number of hydrogen-bond donors (Lipinski definition) is 2. The average molecular weight is 482 g/mol. The third-order valence-electron chi connectivity index (χ3n) is 4.96. The van der Waals surface area contributed by atoms with Gasteiger partial charge < -0.3 is 20.2 Å². The second kappa shape index (κ2) is 21.0. The van der Waals surface area contributed by atoms with Gasteiger partial charge in [-0.25, -0.2) is 0 Å². The molecule has 0 spiro atoms. The molecule has 1 saturated heterocycles. The smallest absolute Gasteiger partial charge is 0.292 e. The number of rotatable bonds is 8. The summed E-state index contributed by atoms with van der Waals surface area (Å²) in [6.45, 7) is 11.9. The van der Waals surface area contributed by atoms with Crippen molar-refractivity contribution in [1.82, 2.24) is 0 Å². The Kier molecular flexibility index (Phi) is 18.8. The lowest BCUT2D eigenvalue weighted by atomic mass is 9.96. The van der Waals surface area contributed by atoms with Crippen LogP contribution in [0.15, 0.2) is 60.6 Å². The van der Waals surface area contributed by atoms with E-state index in [1.54, 1.807) is 6.34 Å². The Labute approximate surface area is 209 Å². The van der Waals surface area contributed by atoms with Gasteiger partial charge in [0.05, 0.1) is 25.2 Å². The monoisotopic (exact) mass is 481 g/mol. The number of allylic oxidation sites excluding steroid dienone is 2. The summed E-state index contributed by atoms with van der Waals surface area (Å²) in [6, 6.07) is 10.2. The van der Waals surface area contributed by atoms with Crippen molar-refractivity contribution in [1.29, 1.82) is 5.41 Å². The molecule has 0 aromatic heterocycles. The molecular formula is C28H39N3O4. The molecule has 0 amide bonds. The number of aryl methyl sites for hydroxylation is 1. The van der Waals surface area contributed by atoms with Gasteiger partial charge in [-0.05, 0) is 62.8 Å². The van der Waals surface area contributed by atoms with E-state index in [1.165, 1.54) is 13.3 Å². The molecule has 2 aromatic rings. The fourth-order valence-corrected chi connectivity index (χ4v) is 3.20.